The monoisotopic (exact) mass is 413 g/mol. The number of allylic oxidation sites excluding steroid dienone is 1. The standard InChI is InChI=1S/C21H23N3O4S/c1-4-28-17-11-13(5-10-16(17)25)19-18(12(2)22-21(29)24-19)20(26)23-14-6-8-15(27-3)9-7-14/h5-11,19,25H,4H2,1-3H3,(H,23,26)(H2,22,24,29)/t19-/m0/s1. The number of carbonyl (C=O) groups is 1. The van der Waals surface area contributed by atoms with Crippen LogP contribution in [0.3, 0.4) is 0 Å². The summed E-state index contributed by atoms with van der Waals surface area (Å²) in [5.74, 6) is 0.822. The van der Waals surface area contributed by atoms with Crippen molar-refractivity contribution in [2.75, 3.05) is 19.0 Å². The Morgan fingerprint density at radius 3 is 2.62 bits per heavy atom. The number of aromatic hydroxyl groups is 1. The fourth-order valence-electron chi connectivity index (χ4n) is 3.10. The van der Waals surface area contributed by atoms with Crippen molar-refractivity contribution in [3.8, 4) is 17.2 Å². The molecule has 0 unspecified atom stereocenters. The van der Waals surface area contributed by atoms with Crippen LogP contribution in [0.4, 0.5) is 5.69 Å². The van der Waals surface area contributed by atoms with Crippen LogP contribution < -0.4 is 25.4 Å². The number of benzene rings is 2. The van der Waals surface area contributed by atoms with Gasteiger partial charge in [0.05, 0.1) is 25.3 Å². The quantitative estimate of drug-likeness (QED) is 0.541. The van der Waals surface area contributed by atoms with Crippen molar-refractivity contribution in [1.82, 2.24) is 10.6 Å². The number of carbonyl (C=O) groups excluding carboxylic acids is 1. The Balaban J connectivity index is 1.93. The molecule has 0 spiro atoms. The third-order valence-corrected chi connectivity index (χ3v) is 4.70. The molecule has 152 valence electrons. The van der Waals surface area contributed by atoms with Gasteiger partial charge in [-0.1, -0.05) is 6.07 Å². The normalized spacial score (nSPS) is 16.0. The van der Waals surface area contributed by atoms with Gasteiger partial charge in [0.1, 0.15) is 5.75 Å². The molecule has 8 heteroatoms. The first-order chi connectivity index (χ1) is 13.9. The van der Waals surface area contributed by atoms with Crippen LogP contribution in [-0.2, 0) is 4.79 Å². The smallest absolute Gasteiger partial charge is 0.255 e. The molecule has 0 radical (unpaired) electrons. The summed E-state index contributed by atoms with van der Waals surface area (Å²) in [6.45, 7) is 4.05. The molecular formula is C21H23N3O4S. The average Bonchev–Trinajstić information content (AvgIpc) is 2.69. The van der Waals surface area contributed by atoms with Gasteiger partial charge >= 0.3 is 0 Å². The summed E-state index contributed by atoms with van der Waals surface area (Å²) in [6, 6.07) is 11.6. The van der Waals surface area contributed by atoms with E-state index in [1.54, 1.807) is 56.5 Å². The molecule has 0 saturated heterocycles. The Morgan fingerprint density at radius 1 is 1.24 bits per heavy atom. The molecule has 1 aliphatic rings. The van der Waals surface area contributed by atoms with Crippen LogP contribution in [-0.4, -0.2) is 29.8 Å². The van der Waals surface area contributed by atoms with E-state index >= 15 is 0 Å². The minimum atomic E-state index is -0.498. The molecular weight excluding hydrogens is 390 g/mol. The number of hydrogen-bond donors (Lipinski definition) is 4. The second-order valence-electron chi connectivity index (χ2n) is 6.41. The van der Waals surface area contributed by atoms with Gasteiger partial charge in [-0.15, -0.1) is 0 Å². The van der Waals surface area contributed by atoms with E-state index < -0.39 is 6.04 Å². The number of phenols is 1. The number of anilines is 1. The highest BCUT2D eigenvalue weighted by molar-refractivity contribution is 7.80. The summed E-state index contributed by atoms with van der Waals surface area (Å²) in [6.07, 6.45) is 0. The second kappa shape index (κ2) is 8.83. The van der Waals surface area contributed by atoms with Gasteiger partial charge < -0.3 is 30.5 Å². The van der Waals surface area contributed by atoms with Crippen molar-refractivity contribution in [3.05, 3.63) is 59.3 Å². The van der Waals surface area contributed by atoms with Crippen LogP contribution in [0.25, 0.3) is 0 Å². The lowest BCUT2D eigenvalue weighted by molar-refractivity contribution is -0.113. The highest BCUT2D eigenvalue weighted by atomic mass is 32.1. The topological polar surface area (TPSA) is 91.9 Å². The van der Waals surface area contributed by atoms with Gasteiger partial charge in [-0.3, -0.25) is 4.79 Å². The van der Waals surface area contributed by atoms with Crippen molar-refractivity contribution in [1.29, 1.82) is 0 Å². The lowest BCUT2D eigenvalue weighted by atomic mass is 9.94. The SMILES string of the molecule is CCOc1cc([C@@H]2NC(=S)NC(C)=C2C(=O)Nc2ccc(OC)cc2)ccc1O. The lowest BCUT2D eigenvalue weighted by Gasteiger charge is -2.30. The molecule has 3 rings (SSSR count). The zero-order valence-corrected chi connectivity index (χ0v) is 17.2. The van der Waals surface area contributed by atoms with E-state index in [1.165, 1.54) is 0 Å². The van der Waals surface area contributed by atoms with Crippen LogP contribution in [0, 0.1) is 0 Å². The molecule has 1 amide bonds. The summed E-state index contributed by atoms with van der Waals surface area (Å²) in [5, 5.41) is 19.5. The molecule has 4 N–H and O–H groups in total. The molecule has 29 heavy (non-hydrogen) atoms. The number of hydrogen-bond acceptors (Lipinski definition) is 5. The summed E-state index contributed by atoms with van der Waals surface area (Å²) in [4.78, 5) is 13.1. The van der Waals surface area contributed by atoms with E-state index in [4.69, 9.17) is 21.7 Å². The van der Waals surface area contributed by atoms with Gasteiger partial charge in [0.25, 0.3) is 5.91 Å². The maximum absolute atomic E-state index is 13.1. The first-order valence-corrected chi connectivity index (χ1v) is 9.53. The zero-order chi connectivity index (χ0) is 21.0. The molecule has 0 saturated carbocycles. The van der Waals surface area contributed by atoms with E-state index in [1.807, 2.05) is 6.92 Å². The van der Waals surface area contributed by atoms with Crippen LogP contribution in [0.2, 0.25) is 0 Å². The Hall–Kier alpha value is -3.26. The maximum Gasteiger partial charge on any atom is 0.255 e. The largest absolute Gasteiger partial charge is 0.504 e. The number of phenolic OH excluding ortho intramolecular Hbond substituents is 1. The van der Waals surface area contributed by atoms with Gasteiger partial charge in [0.15, 0.2) is 16.6 Å². The molecule has 1 heterocycles. The Labute approximate surface area is 174 Å². The summed E-state index contributed by atoms with van der Waals surface area (Å²) in [5.41, 5.74) is 2.52. The van der Waals surface area contributed by atoms with Gasteiger partial charge in [-0.2, -0.15) is 0 Å². The number of methoxy groups -OCH3 is 1. The number of amides is 1. The molecule has 0 aliphatic carbocycles. The zero-order valence-electron chi connectivity index (χ0n) is 16.4. The fourth-order valence-corrected chi connectivity index (χ4v) is 3.37. The van der Waals surface area contributed by atoms with Crippen LogP contribution >= 0.6 is 12.2 Å². The Morgan fingerprint density at radius 2 is 1.97 bits per heavy atom. The molecule has 7 nitrogen and oxygen atoms in total. The maximum atomic E-state index is 13.1. The fraction of sp³-hybridized carbons (Fsp3) is 0.238. The predicted molar refractivity (Wildman–Crippen MR) is 115 cm³/mol. The highest BCUT2D eigenvalue weighted by Crippen LogP contribution is 2.34. The molecule has 0 fully saturated rings. The number of ether oxygens (including phenoxy) is 2. The van der Waals surface area contributed by atoms with Crippen molar-refractivity contribution in [3.63, 3.8) is 0 Å². The molecule has 1 atom stereocenters. The van der Waals surface area contributed by atoms with E-state index in [-0.39, 0.29) is 11.7 Å². The van der Waals surface area contributed by atoms with Gasteiger partial charge in [-0.05, 0) is 68.0 Å². The Bertz CT molecular complexity index is 957. The number of nitrogens with one attached hydrogen (secondary N) is 3. The van der Waals surface area contributed by atoms with Crippen LogP contribution in [0.5, 0.6) is 17.2 Å². The summed E-state index contributed by atoms with van der Waals surface area (Å²) >= 11 is 5.28. The van der Waals surface area contributed by atoms with Gasteiger partial charge in [0, 0.05) is 11.4 Å². The van der Waals surface area contributed by atoms with Crippen LogP contribution in [0.15, 0.2) is 53.7 Å². The second-order valence-corrected chi connectivity index (χ2v) is 6.82. The van der Waals surface area contributed by atoms with Gasteiger partial charge in [-0.25, -0.2) is 0 Å². The average molecular weight is 413 g/mol. The van der Waals surface area contributed by atoms with E-state index in [0.29, 0.717) is 40.2 Å². The third-order valence-electron chi connectivity index (χ3n) is 4.48. The van der Waals surface area contributed by atoms with E-state index in [2.05, 4.69) is 16.0 Å². The van der Waals surface area contributed by atoms with Gasteiger partial charge in [0.2, 0.25) is 0 Å². The first kappa shape index (κ1) is 20.5. The summed E-state index contributed by atoms with van der Waals surface area (Å²) in [7, 11) is 1.59. The Kier molecular flexibility index (Phi) is 6.23. The lowest BCUT2D eigenvalue weighted by Crippen LogP contribution is -2.45. The van der Waals surface area contributed by atoms with Crippen molar-refractivity contribution >= 4 is 28.9 Å². The van der Waals surface area contributed by atoms with Crippen LogP contribution in [0.1, 0.15) is 25.5 Å². The molecule has 1 aliphatic heterocycles. The highest BCUT2D eigenvalue weighted by Gasteiger charge is 2.30. The summed E-state index contributed by atoms with van der Waals surface area (Å²) < 4.78 is 10.6. The van der Waals surface area contributed by atoms with Crippen molar-refractivity contribution in [2.24, 2.45) is 0 Å². The van der Waals surface area contributed by atoms with E-state index in [0.717, 1.165) is 5.56 Å². The molecule has 2 aromatic rings. The van der Waals surface area contributed by atoms with Crippen molar-refractivity contribution in [2.45, 2.75) is 19.9 Å². The molecule has 2 aromatic carbocycles. The molecule has 0 aromatic heterocycles. The number of thiocarbonyl (C=S) groups is 1. The minimum Gasteiger partial charge on any atom is -0.504 e. The third kappa shape index (κ3) is 4.60. The minimum absolute atomic E-state index is 0.0389. The van der Waals surface area contributed by atoms with Crippen molar-refractivity contribution < 1.29 is 19.4 Å². The predicted octanol–water partition coefficient (Wildman–Crippen LogP) is 3.23. The molecule has 0 bridgehead atoms. The van der Waals surface area contributed by atoms with E-state index in [9.17, 15) is 9.90 Å². The first-order valence-electron chi connectivity index (χ1n) is 9.12. The number of rotatable bonds is 6.